The molecule has 0 aliphatic rings. The first-order valence-electron chi connectivity index (χ1n) is 7.86. The molecule has 0 atom stereocenters. The Morgan fingerprint density at radius 2 is 1.88 bits per heavy atom. The van der Waals surface area contributed by atoms with Crippen LogP contribution >= 0.6 is 0 Å². The van der Waals surface area contributed by atoms with Crippen LogP contribution in [0.15, 0.2) is 66.1 Å². The molecular weight excluding hydrogens is 354 g/mol. The van der Waals surface area contributed by atoms with Crippen molar-refractivity contribution in [1.82, 2.24) is 4.31 Å². The summed E-state index contributed by atoms with van der Waals surface area (Å²) < 4.78 is 36.8. The first kappa shape index (κ1) is 19.7. The average molecular weight is 375 g/mol. The van der Waals surface area contributed by atoms with Gasteiger partial charge in [0.25, 0.3) is 0 Å². The second-order valence-corrected chi connectivity index (χ2v) is 7.57. The lowest BCUT2D eigenvalue weighted by Gasteiger charge is -2.18. The van der Waals surface area contributed by atoms with Crippen LogP contribution in [0.4, 0.5) is 0 Å². The van der Waals surface area contributed by atoms with Gasteiger partial charge >= 0.3 is 5.97 Å². The lowest BCUT2D eigenvalue weighted by atomic mass is 10.2. The molecule has 138 valence electrons. The number of nitrogens with zero attached hydrogens (tertiary/aromatic N) is 1. The quantitative estimate of drug-likeness (QED) is 0.524. The van der Waals surface area contributed by atoms with E-state index in [2.05, 4.69) is 11.3 Å². The number of rotatable bonds is 8. The van der Waals surface area contributed by atoms with Gasteiger partial charge in [-0.15, -0.1) is 0 Å². The van der Waals surface area contributed by atoms with Crippen LogP contribution in [-0.2, 0) is 21.3 Å². The SMILES string of the molecule is C=CCOc1ccc(CN(C)S(=O)(=O)c2cccc(C(=O)OC)c2)cc1. The Balaban J connectivity index is 2.16. The van der Waals surface area contributed by atoms with E-state index in [9.17, 15) is 13.2 Å². The van der Waals surface area contributed by atoms with Crippen molar-refractivity contribution in [3.8, 4) is 5.75 Å². The van der Waals surface area contributed by atoms with Gasteiger partial charge in [-0.05, 0) is 35.9 Å². The Morgan fingerprint density at radius 1 is 1.19 bits per heavy atom. The van der Waals surface area contributed by atoms with Crippen molar-refractivity contribution >= 4 is 16.0 Å². The molecule has 0 heterocycles. The lowest BCUT2D eigenvalue weighted by molar-refractivity contribution is 0.0600. The molecule has 0 aromatic heterocycles. The van der Waals surface area contributed by atoms with Gasteiger partial charge in [0.2, 0.25) is 10.0 Å². The van der Waals surface area contributed by atoms with Crippen molar-refractivity contribution in [3.63, 3.8) is 0 Å². The van der Waals surface area contributed by atoms with Gasteiger partial charge in [0.1, 0.15) is 12.4 Å². The summed E-state index contributed by atoms with van der Waals surface area (Å²) in [5.74, 6) is 0.102. The predicted molar refractivity (Wildman–Crippen MR) is 98.6 cm³/mol. The number of carbonyl (C=O) groups excluding carboxylic acids is 1. The fraction of sp³-hybridized carbons (Fsp3) is 0.211. The molecule has 2 rings (SSSR count). The maximum Gasteiger partial charge on any atom is 0.337 e. The second kappa shape index (κ2) is 8.64. The Labute approximate surface area is 153 Å². The van der Waals surface area contributed by atoms with Gasteiger partial charge in [-0.25, -0.2) is 13.2 Å². The van der Waals surface area contributed by atoms with Crippen molar-refractivity contribution < 1.29 is 22.7 Å². The first-order chi connectivity index (χ1) is 12.4. The van der Waals surface area contributed by atoms with Crippen molar-refractivity contribution in [2.45, 2.75) is 11.4 Å². The molecule has 0 fully saturated rings. The smallest absolute Gasteiger partial charge is 0.337 e. The molecule has 0 saturated heterocycles. The molecule has 7 heteroatoms. The summed E-state index contributed by atoms with van der Waals surface area (Å²) >= 11 is 0. The highest BCUT2D eigenvalue weighted by atomic mass is 32.2. The molecule has 2 aromatic carbocycles. The normalized spacial score (nSPS) is 11.2. The van der Waals surface area contributed by atoms with E-state index >= 15 is 0 Å². The Bertz CT molecular complexity index is 875. The zero-order valence-electron chi connectivity index (χ0n) is 14.7. The monoisotopic (exact) mass is 375 g/mol. The van der Waals surface area contributed by atoms with Crippen LogP contribution in [0, 0.1) is 0 Å². The molecule has 2 aromatic rings. The lowest BCUT2D eigenvalue weighted by Crippen LogP contribution is -2.26. The summed E-state index contributed by atoms with van der Waals surface area (Å²) in [5.41, 5.74) is 0.997. The molecule has 0 aliphatic carbocycles. The third kappa shape index (κ3) is 4.71. The predicted octanol–water partition coefficient (Wildman–Crippen LogP) is 2.86. The number of methoxy groups -OCH3 is 1. The molecular formula is C19H21NO5S. The van der Waals surface area contributed by atoms with Gasteiger partial charge in [0, 0.05) is 13.6 Å². The van der Waals surface area contributed by atoms with E-state index in [1.807, 2.05) is 0 Å². The van der Waals surface area contributed by atoms with E-state index in [4.69, 9.17) is 4.74 Å². The average Bonchev–Trinajstić information content (AvgIpc) is 2.66. The molecule has 0 aliphatic heterocycles. The molecule has 0 N–H and O–H groups in total. The van der Waals surface area contributed by atoms with Crippen LogP contribution in [0.3, 0.4) is 0 Å². The Hall–Kier alpha value is -2.64. The van der Waals surface area contributed by atoms with Crippen LogP contribution < -0.4 is 4.74 Å². The highest BCUT2D eigenvalue weighted by Crippen LogP contribution is 2.20. The summed E-state index contributed by atoms with van der Waals surface area (Å²) in [6.45, 7) is 4.18. The van der Waals surface area contributed by atoms with Crippen LogP contribution in [0.25, 0.3) is 0 Å². The first-order valence-corrected chi connectivity index (χ1v) is 9.30. The van der Waals surface area contributed by atoms with E-state index in [1.165, 1.54) is 42.7 Å². The summed E-state index contributed by atoms with van der Waals surface area (Å²) in [6, 6.07) is 12.9. The maximum atomic E-state index is 12.7. The molecule has 26 heavy (non-hydrogen) atoms. The number of hydrogen-bond donors (Lipinski definition) is 0. The fourth-order valence-electron chi connectivity index (χ4n) is 2.27. The van der Waals surface area contributed by atoms with Crippen LogP contribution in [0.5, 0.6) is 5.75 Å². The van der Waals surface area contributed by atoms with E-state index in [0.717, 1.165) is 5.56 Å². The number of esters is 1. The van der Waals surface area contributed by atoms with Crippen LogP contribution in [0.2, 0.25) is 0 Å². The van der Waals surface area contributed by atoms with E-state index in [-0.39, 0.29) is 17.0 Å². The summed E-state index contributed by atoms with van der Waals surface area (Å²) in [6.07, 6.45) is 1.65. The third-order valence-electron chi connectivity index (χ3n) is 3.66. The molecule has 6 nitrogen and oxygen atoms in total. The fourth-order valence-corrected chi connectivity index (χ4v) is 3.48. The van der Waals surface area contributed by atoms with Crippen LogP contribution in [0.1, 0.15) is 15.9 Å². The molecule has 0 spiro atoms. The van der Waals surface area contributed by atoms with Gasteiger partial charge in [-0.3, -0.25) is 0 Å². The summed E-state index contributed by atoms with van der Waals surface area (Å²) in [4.78, 5) is 11.6. The number of benzene rings is 2. The summed E-state index contributed by atoms with van der Waals surface area (Å²) in [5, 5.41) is 0. The molecule has 0 amide bonds. The van der Waals surface area contributed by atoms with Gasteiger partial charge in [-0.2, -0.15) is 4.31 Å². The third-order valence-corrected chi connectivity index (χ3v) is 5.46. The topological polar surface area (TPSA) is 72.9 Å². The maximum absolute atomic E-state index is 12.7. The largest absolute Gasteiger partial charge is 0.490 e. The van der Waals surface area contributed by atoms with Gasteiger partial charge in [0.05, 0.1) is 17.6 Å². The number of ether oxygens (including phenoxy) is 2. The Morgan fingerprint density at radius 3 is 2.50 bits per heavy atom. The number of sulfonamides is 1. The molecule has 0 unspecified atom stereocenters. The Kier molecular flexibility index (Phi) is 6.54. The zero-order valence-corrected chi connectivity index (χ0v) is 15.5. The minimum Gasteiger partial charge on any atom is -0.490 e. The van der Waals surface area contributed by atoms with Crippen molar-refractivity contribution in [2.24, 2.45) is 0 Å². The second-order valence-electron chi connectivity index (χ2n) is 5.52. The van der Waals surface area contributed by atoms with Gasteiger partial charge in [-0.1, -0.05) is 30.9 Å². The highest BCUT2D eigenvalue weighted by molar-refractivity contribution is 7.89. The van der Waals surface area contributed by atoms with E-state index < -0.39 is 16.0 Å². The molecule has 0 radical (unpaired) electrons. The van der Waals surface area contributed by atoms with Crippen molar-refractivity contribution in [1.29, 1.82) is 0 Å². The number of hydrogen-bond acceptors (Lipinski definition) is 5. The van der Waals surface area contributed by atoms with Gasteiger partial charge < -0.3 is 9.47 Å². The van der Waals surface area contributed by atoms with Crippen molar-refractivity contribution in [2.75, 3.05) is 20.8 Å². The molecule has 0 saturated carbocycles. The minimum atomic E-state index is -3.74. The van der Waals surface area contributed by atoms with Gasteiger partial charge in [0.15, 0.2) is 0 Å². The van der Waals surface area contributed by atoms with Crippen molar-refractivity contribution in [3.05, 3.63) is 72.3 Å². The van der Waals surface area contributed by atoms with E-state index in [0.29, 0.717) is 12.4 Å². The highest BCUT2D eigenvalue weighted by Gasteiger charge is 2.22. The summed E-state index contributed by atoms with van der Waals surface area (Å²) in [7, 11) is -1.01. The molecule has 0 bridgehead atoms. The standard InChI is InChI=1S/C19H21NO5S/c1-4-12-25-17-10-8-15(9-11-17)14-20(2)26(22,23)18-7-5-6-16(13-18)19(21)24-3/h4-11,13H,1,12,14H2,2-3H3. The minimum absolute atomic E-state index is 0.0360. The number of carbonyl (C=O) groups is 1. The van der Waals surface area contributed by atoms with Crippen LogP contribution in [-0.4, -0.2) is 39.5 Å². The van der Waals surface area contributed by atoms with E-state index in [1.54, 1.807) is 30.3 Å². The zero-order chi connectivity index (χ0) is 19.2.